The molecule has 1 aromatic carbocycles. The first kappa shape index (κ1) is 11.2. The maximum atomic E-state index is 11.7. The largest absolute Gasteiger partial charge is 0.345 e. The summed E-state index contributed by atoms with van der Waals surface area (Å²) in [6, 6.07) is 5.04. The summed E-state index contributed by atoms with van der Waals surface area (Å²) in [6.07, 6.45) is 3.16. The number of rotatable bonds is 3. The van der Waals surface area contributed by atoms with Gasteiger partial charge >= 0.3 is 0 Å². The van der Waals surface area contributed by atoms with Gasteiger partial charge in [0.1, 0.15) is 5.78 Å². The van der Waals surface area contributed by atoms with E-state index in [0.29, 0.717) is 11.1 Å². The van der Waals surface area contributed by atoms with Gasteiger partial charge < -0.3 is 5.32 Å². The number of hydrogen-bond donors (Lipinski definition) is 1. The number of fused-ring (bicyclic) bond motifs is 1. The van der Waals surface area contributed by atoms with E-state index in [-0.39, 0.29) is 18.2 Å². The van der Waals surface area contributed by atoms with Crippen molar-refractivity contribution in [3.05, 3.63) is 36.2 Å². The third-order valence-corrected chi connectivity index (χ3v) is 2.23. The summed E-state index contributed by atoms with van der Waals surface area (Å²) < 4.78 is 0. The van der Waals surface area contributed by atoms with Crippen LogP contribution in [-0.2, 0) is 4.79 Å². The average molecular weight is 229 g/mol. The van der Waals surface area contributed by atoms with E-state index in [1.165, 1.54) is 6.92 Å². The van der Waals surface area contributed by atoms with Crippen LogP contribution in [0.3, 0.4) is 0 Å². The molecule has 0 bridgehead atoms. The summed E-state index contributed by atoms with van der Waals surface area (Å²) in [4.78, 5) is 30.7. The number of amides is 1. The Labute approximate surface area is 97.9 Å². The fraction of sp³-hybridized carbons (Fsp3) is 0.167. The second kappa shape index (κ2) is 4.69. The van der Waals surface area contributed by atoms with Crippen molar-refractivity contribution in [1.82, 2.24) is 15.3 Å². The molecule has 0 spiro atoms. The number of aromatic nitrogens is 2. The minimum atomic E-state index is -0.284. The number of nitrogens with one attached hydrogen (secondary N) is 1. The number of carbonyl (C=O) groups excluding carboxylic acids is 2. The highest BCUT2D eigenvalue weighted by Gasteiger charge is 2.07. The first-order valence-corrected chi connectivity index (χ1v) is 5.15. The van der Waals surface area contributed by atoms with Crippen LogP contribution in [0.15, 0.2) is 30.6 Å². The molecular formula is C12H11N3O2. The third-order valence-electron chi connectivity index (χ3n) is 2.23. The van der Waals surface area contributed by atoms with E-state index in [2.05, 4.69) is 15.3 Å². The molecule has 0 atom stereocenters. The summed E-state index contributed by atoms with van der Waals surface area (Å²) >= 11 is 0. The van der Waals surface area contributed by atoms with Crippen LogP contribution in [0.4, 0.5) is 0 Å². The highest BCUT2D eigenvalue weighted by atomic mass is 16.2. The molecule has 0 fully saturated rings. The Hall–Kier alpha value is -2.30. The maximum Gasteiger partial charge on any atom is 0.251 e. The summed E-state index contributed by atoms with van der Waals surface area (Å²) in [7, 11) is 0. The van der Waals surface area contributed by atoms with E-state index < -0.39 is 0 Å². The van der Waals surface area contributed by atoms with Crippen LogP contribution in [0.5, 0.6) is 0 Å². The normalized spacial score (nSPS) is 10.2. The van der Waals surface area contributed by atoms with Crippen molar-refractivity contribution in [3.8, 4) is 0 Å². The van der Waals surface area contributed by atoms with Crippen LogP contribution in [-0.4, -0.2) is 28.2 Å². The van der Waals surface area contributed by atoms with Gasteiger partial charge in [0.05, 0.1) is 17.6 Å². The van der Waals surface area contributed by atoms with E-state index in [0.717, 1.165) is 5.52 Å². The average Bonchev–Trinajstić information content (AvgIpc) is 2.35. The lowest BCUT2D eigenvalue weighted by atomic mass is 10.2. The standard InChI is InChI=1S/C12H11N3O2/c1-8(16)7-15-12(17)9-2-3-10-11(6-9)14-5-4-13-10/h2-6H,7H2,1H3,(H,15,17). The van der Waals surface area contributed by atoms with Crippen molar-refractivity contribution in [2.24, 2.45) is 0 Å². The zero-order chi connectivity index (χ0) is 12.3. The molecule has 0 unspecified atom stereocenters. The van der Waals surface area contributed by atoms with E-state index in [9.17, 15) is 9.59 Å². The number of Topliss-reactive ketones (excluding diaryl/α,β-unsaturated/α-hetero) is 1. The molecule has 86 valence electrons. The molecule has 17 heavy (non-hydrogen) atoms. The van der Waals surface area contributed by atoms with Crippen LogP contribution in [0, 0.1) is 0 Å². The van der Waals surface area contributed by atoms with E-state index in [1.54, 1.807) is 30.6 Å². The Balaban J connectivity index is 2.24. The van der Waals surface area contributed by atoms with Gasteiger partial charge in [-0.15, -0.1) is 0 Å². The molecule has 2 rings (SSSR count). The lowest BCUT2D eigenvalue weighted by Crippen LogP contribution is -2.28. The van der Waals surface area contributed by atoms with Crippen molar-refractivity contribution in [1.29, 1.82) is 0 Å². The molecule has 0 radical (unpaired) electrons. The molecule has 0 saturated heterocycles. The summed E-state index contributed by atoms with van der Waals surface area (Å²) in [5.74, 6) is -0.369. The van der Waals surface area contributed by atoms with Crippen LogP contribution < -0.4 is 5.32 Å². The minimum Gasteiger partial charge on any atom is -0.345 e. The molecule has 1 aromatic heterocycles. The second-order valence-electron chi connectivity index (χ2n) is 3.64. The van der Waals surface area contributed by atoms with Crippen LogP contribution >= 0.6 is 0 Å². The molecule has 2 aromatic rings. The minimum absolute atomic E-state index is 0.0390. The van der Waals surface area contributed by atoms with Gasteiger partial charge in [0, 0.05) is 18.0 Å². The van der Waals surface area contributed by atoms with Gasteiger partial charge in [0.15, 0.2) is 0 Å². The van der Waals surface area contributed by atoms with E-state index in [4.69, 9.17) is 0 Å². The first-order valence-electron chi connectivity index (χ1n) is 5.15. The fourth-order valence-electron chi connectivity index (χ4n) is 1.41. The smallest absolute Gasteiger partial charge is 0.251 e. The molecule has 5 nitrogen and oxygen atoms in total. The molecule has 0 aliphatic carbocycles. The van der Waals surface area contributed by atoms with Crippen LogP contribution in [0.25, 0.3) is 11.0 Å². The van der Waals surface area contributed by atoms with Gasteiger partial charge in [0.2, 0.25) is 0 Å². The van der Waals surface area contributed by atoms with Gasteiger partial charge in [-0.2, -0.15) is 0 Å². The Morgan fingerprint density at radius 1 is 1.18 bits per heavy atom. The zero-order valence-corrected chi connectivity index (χ0v) is 9.30. The van der Waals surface area contributed by atoms with Crippen molar-refractivity contribution in [2.75, 3.05) is 6.54 Å². The Kier molecular flexibility index (Phi) is 3.09. The monoisotopic (exact) mass is 229 g/mol. The third kappa shape index (κ3) is 2.63. The first-order chi connectivity index (χ1) is 8.16. The lowest BCUT2D eigenvalue weighted by molar-refractivity contribution is -0.116. The number of ketones is 1. The molecule has 1 amide bonds. The quantitative estimate of drug-likeness (QED) is 0.850. The number of benzene rings is 1. The SMILES string of the molecule is CC(=O)CNC(=O)c1ccc2nccnc2c1. The van der Waals surface area contributed by atoms with Crippen molar-refractivity contribution in [2.45, 2.75) is 6.92 Å². The van der Waals surface area contributed by atoms with Crippen molar-refractivity contribution < 1.29 is 9.59 Å². The predicted molar refractivity (Wildman–Crippen MR) is 62.6 cm³/mol. The zero-order valence-electron chi connectivity index (χ0n) is 9.30. The molecule has 0 saturated carbocycles. The van der Waals surface area contributed by atoms with E-state index in [1.807, 2.05) is 0 Å². The summed E-state index contributed by atoms with van der Waals surface area (Å²) in [5, 5.41) is 2.53. The maximum absolute atomic E-state index is 11.7. The molecule has 1 heterocycles. The van der Waals surface area contributed by atoms with Gasteiger partial charge in [0.25, 0.3) is 5.91 Å². The Bertz CT molecular complexity index is 581. The topological polar surface area (TPSA) is 72.0 Å². The molecule has 1 N–H and O–H groups in total. The van der Waals surface area contributed by atoms with E-state index >= 15 is 0 Å². The second-order valence-corrected chi connectivity index (χ2v) is 3.64. The molecular weight excluding hydrogens is 218 g/mol. The van der Waals surface area contributed by atoms with Gasteiger partial charge in [-0.05, 0) is 25.1 Å². The van der Waals surface area contributed by atoms with Gasteiger partial charge in [-0.25, -0.2) is 0 Å². The highest BCUT2D eigenvalue weighted by molar-refractivity contribution is 5.98. The van der Waals surface area contributed by atoms with Gasteiger partial charge in [-0.1, -0.05) is 0 Å². The van der Waals surface area contributed by atoms with Crippen LogP contribution in [0.1, 0.15) is 17.3 Å². The van der Waals surface area contributed by atoms with Crippen LogP contribution in [0.2, 0.25) is 0 Å². The summed E-state index contributed by atoms with van der Waals surface area (Å²) in [5.41, 5.74) is 1.86. The Morgan fingerprint density at radius 2 is 1.88 bits per heavy atom. The van der Waals surface area contributed by atoms with Crippen molar-refractivity contribution in [3.63, 3.8) is 0 Å². The molecule has 0 aliphatic heterocycles. The number of nitrogens with zero attached hydrogens (tertiary/aromatic N) is 2. The molecule has 0 aliphatic rings. The highest BCUT2D eigenvalue weighted by Crippen LogP contribution is 2.10. The summed E-state index contributed by atoms with van der Waals surface area (Å²) in [6.45, 7) is 1.46. The van der Waals surface area contributed by atoms with Gasteiger partial charge in [-0.3, -0.25) is 19.6 Å². The predicted octanol–water partition coefficient (Wildman–Crippen LogP) is 0.949. The number of hydrogen-bond acceptors (Lipinski definition) is 4. The fourth-order valence-corrected chi connectivity index (χ4v) is 1.41. The Morgan fingerprint density at radius 3 is 2.59 bits per heavy atom. The van der Waals surface area contributed by atoms with Crippen molar-refractivity contribution >= 4 is 22.7 Å². The number of carbonyl (C=O) groups is 2. The lowest BCUT2D eigenvalue weighted by Gasteiger charge is -2.03. The molecule has 5 heteroatoms.